The van der Waals surface area contributed by atoms with Gasteiger partial charge in [0.1, 0.15) is 12.1 Å². The van der Waals surface area contributed by atoms with Gasteiger partial charge in [0.15, 0.2) is 0 Å². The Kier molecular flexibility index (Phi) is 5.67. The third-order valence-electron chi connectivity index (χ3n) is 4.45. The summed E-state index contributed by atoms with van der Waals surface area (Å²) in [6.07, 6.45) is 2.32. The predicted molar refractivity (Wildman–Crippen MR) is 105 cm³/mol. The lowest BCUT2D eigenvalue weighted by molar-refractivity contribution is -0.120. The van der Waals surface area contributed by atoms with Crippen molar-refractivity contribution >= 4 is 46.2 Å². The first-order chi connectivity index (χ1) is 12.1. The molecule has 1 N–H and O–H groups in total. The SMILES string of the molecule is O=Cc1ccc(N2CCC(C(=O)Nc3ccc(I)c(F)c3)CC2)cc1. The molecule has 0 bridgehead atoms. The van der Waals surface area contributed by atoms with Crippen molar-refractivity contribution in [3.05, 3.63) is 57.4 Å². The van der Waals surface area contributed by atoms with Crippen LogP contribution in [0.5, 0.6) is 0 Å². The molecule has 130 valence electrons. The largest absolute Gasteiger partial charge is 0.371 e. The molecule has 0 radical (unpaired) electrons. The van der Waals surface area contributed by atoms with Crippen LogP contribution in [-0.2, 0) is 4.79 Å². The number of carbonyl (C=O) groups is 2. The number of piperidine rings is 1. The Bertz CT molecular complexity index is 771. The van der Waals surface area contributed by atoms with Crippen LogP contribution in [0.2, 0.25) is 0 Å². The third kappa shape index (κ3) is 4.36. The summed E-state index contributed by atoms with van der Waals surface area (Å²) in [5.41, 5.74) is 2.21. The standard InChI is InChI=1S/C19H18FIN2O2/c20-17-11-15(3-6-18(17)21)22-19(25)14-7-9-23(10-8-14)16-4-1-13(12-24)2-5-16/h1-6,11-12,14H,7-10H2,(H,22,25). The molecule has 1 fully saturated rings. The number of anilines is 2. The summed E-state index contributed by atoms with van der Waals surface area (Å²) in [6.45, 7) is 1.55. The van der Waals surface area contributed by atoms with E-state index in [1.807, 2.05) is 34.7 Å². The van der Waals surface area contributed by atoms with E-state index < -0.39 is 0 Å². The zero-order chi connectivity index (χ0) is 17.8. The van der Waals surface area contributed by atoms with Gasteiger partial charge in [-0.15, -0.1) is 0 Å². The van der Waals surface area contributed by atoms with Crippen molar-refractivity contribution in [1.82, 2.24) is 0 Å². The van der Waals surface area contributed by atoms with Gasteiger partial charge in [-0.05, 0) is 77.9 Å². The number of nitrogens with one attached hydrogen (secondary N) is 1. The zero-order valence-corrected chi connectivity index (χ0v) is 15.7. The first-order valence-corrected chi connectivity index (χ1v) is 9.21. The lowest BCUT2D eigenvalue weighted by atomic mass is 9.95. The summed E-state index contributed by atoms with van der Waals surface area (Å²) >= 11 is 1.92. The van der Waals surface area contributed by atoms with Gasteiger partial charge in [-0.2, -0.15) is 0 Å². The van der Waals surface area contributed by atoms with Crippen molar-refractivity contribution < 1.29 is 14.0 Å². The highest BCUT2D eigenvalue weighted by atomic mass is 127. The van der Waals surface area contributed by atoms with Gasteiger partial charge >= 0.3 is 0 Å². The molecule has 0 saturated carbocycles. The number of hydrogen-bond donors (Lipinski definition) is 1. The van der Waals surface area contributed by atoms with Crippen molar-refractivity contribution in [3.63, 3.8) is 0 Å². The predicted octanol–water partition coefficient (Wildman–Crippen LogP) is 4.10. The van der Waals surface area contributed by atoms with E-state index in [9.17, 15) is 14.0 Å². The van der Waals surface area contributed by atoms with E-state index in [2.05, 4.69) is 10.2 Å². The van der Waals surface area contributed by atoms with E-state index in [0.29, 0.717) is 14.8 Å². The number of aldehydes is 1. The molecule has 0 spiro atoms. The Hall–Kier alpha value is -1.96. The molecule has 6 heteroatoms. The van der Waals surface area contributed by atoms with Gasteiger partial charge in [0.2, 0.25) is 5.91 Å². The average Bonchev–Trinajstić information content (AvgIpc) is 2.65. The summed E-state index contributed by atoms with van der Waals surface area (Å²) < 4.78 is 14.1. The Morgan fingerprint density at radius 1 is 1.16 bits per heavy atom. The summed E-state index contributed by atoms with van der Waals surface area (Å²) in [5.74, 6) is -0.462. The minimum Gasteiger partial charge on any atom is -0.371 e. The molecule has 1 saturated heterocycles. The first-order valence-electron chi connectivity index (χ1n) is 8.13. The quantitative estimate of drug-likeness (QED) is 0.562. The maximum absolute atomic E-state index is 13.6. The van der Waals surface area contributed by atoms with Crippen molar-refractivity contribution in [1.29, 1.82) is 0 Å². The molecule has 0 aromatic heterocycles. The molecule has 4 nitrogen and oxygen atoms in total. The summed E-state index contributed by atoms with van der Waals surface area (Å²) in [4.78, 5) is 25.3. The van der Waals surface area contributed by atoms with Crippen LogP contribution in [-0.4, -0.2) is 25.3 Å². The number of carbonyl (C=O) groups excluding carboxylic acids is 2. The van der Waals surface area contributed by atoms with E-state index >= 15 is 0 Å². The Morgan fingerprint density at radius 2 is 1.84 bits per heavy atom. The number of nitrogens with zero attached hydrogens (tertiary/aromatic N) is 1. The fourth-order valence-electron chi connectivity index (χ4n) is 2.98. The molecular formula is C19H18FIN2O2. The smallest absolute Gasteiger partial charge is 0.227 e. The summed E-state index contributed by atoms with van der Waals surface area (Å²) in [5, 5.41) is 2.81. The number of benzene rings is 2. The number of halogens is 2. The van der Waals surface area contributed by atoms with E-state index in [4.69, 9.17) is 0 Å². The van der Waals surface area contributed by atoms with E-state index in [0.717, 1.165) is 37.9 Å². The van der Waals surface area contributed by atoms with Crippen LogP contribution in [0, 0.1) is 15.3 Å². The van der Waals surface area contributed by atoms with Gasteiger partial charge in [-0.1, -0.05) is 0 Å². The second kappa shape index (κ2) is 7.95. The highest BCUT2D eigenvalue weighted by Crippen LogP contribution is 2.25. The van der Waals surface area contributed by atoms with Crippen LogP contribution in [0.1, 0.15) is 23.2 Å². The second-order valence-electron chi connectivity index (χ2n) is 6.09. The molecule has 1 amide bonds. The van der Waals surface area contributed by atoms with E-state index in [1.54, 1.807) is 24.3 Å². The minimum absolute atomic E-state index is 0.0587. The lowest BCUT2D eigenvalue weighted by Gasteiger charge is -2.33. The van der Waals surface area contributed by atoms with Gasteiger partial charge in [-0.3, -0.25) is 9.59 Å². The van der Waals surface area contributed by atoms with E-state index in [1.165, 1.54) is 6.07 Å². The molecule has 2 aromatic carbocycles. The normalized spacial score (nSPS) is 15.0. The topological polar surface area (TPSA) is 49.4 Å². The van der Waals surface area contributed by atoms with Gasteiger partial charge in [0.25, 0.3) is 0 Å². The molecule has 0 unspecified atom stereocenters. The van der Waals surface area contributed by atoms with Gasteiger partial charge in [0.05, 0.1) is 0 Å². The minimum atomic E-state index is -0.327. The fourth-order valence-corrected chi connectivity index (χ4v) is 3.32. The second-order valence-corrected chi connectivity index (χ2v) is 7.25. The first kappa shape index (κ1) is 17.8. The van der Waals surface area contributed by atoms with Crippen LogP contribution in [0.4, 0.5) is 15.8 Å². The molecule has 1 aliphatic rings. The van der Waals surface area contributed by atoms with Crippen molar-refractivity contribution in [2.45, 2.75) is 12.8 Å². The molecule has 2 aromatic rings. The van der Waals surface area contributed by atoms with Crippen molar-refractivity contribution in [2.24, 2.45) is 5.92 Å². The Morgan fingerprint density at radius 3 is 2.44 bits per heavy atom. The van der Waals surface area contributed by atoms with Crippen LogP contribution in [0.25, 0.3) is 0 Å². The number of hydrogen-bond acceptors (Lipinski definition) is 3. The highest BCUT2D eigenvalue weighted by molar-refractivity contribution is 14.1. The van der Waals surface area contributed by atoms with E-state index in [-0.39, 0.29) is 17.6 Å². The molecule has 3 rings (SSSR count). The van der Waals surface area contributed by atoms with Gasteiger partial charge in [-0.25, -0.2) is 4.39 Å². The maximum Gasteiger partial charge on any atom is 0.227 e. The van der Waals surface area contributed by atoms with Crippen molar-refractivity contribution in [2.75, 3.05) is 23.3 Å². The molecule has 0 aliphatic carbocycles. The van der Waals surface area contributed by atoms with Crippen LogP contribution < -0.4 is 10.2 Å². The fraction of sp³-hybridized carbons (Fsp3) is 0.263. The third-order valence-corrected chi connectivity index (χ3v) is 5.32. The monoisotopic (exact) mass is 452 g/mol. The molecule has 1 heterocycles. The molecule has 1 aliphatic heterocycles. The van der Waals surface area contributed by atoms with Crippen molar-refractivity contribution in [3.8, 4) is 0 Å². The summed E-state index contributed by atoms with van der Waals surface area (Å²) in [7, 11) is 0. The van der Waals surface area contributed by atoms with Crippen LogP contribution in [0.15, 0.2) is 42.5 Å². The van der Waals surface area contributed by atoms with Gasteiger partial charge < -0.3 is 10.2 Å². The highest BCUT2D eigenvalue weighted by Gasteiger charge is 2.25. The number of amides is 1. The lowest BCUT2D eigenvalue weighted by Crippen LogP contribution is -2.38. The average molecular weight is 452 g/mol. The molecule has 25 heavy (non-hydrogen) atoms. The summed E-state index contributed by atoms with van der Waals surface area (Å²) in [6, 6.07) is 12.2. The zero-order valence-electron chi connectivity index (χ0n) is 13.5. The Labute approximate surface area is 159 Å². The molecular weight excluding hydrogens is 434 g/mol. The Balaban J connectivity index is 1.56. The van der Waals surface area contributed by atoms with Crippen LogP contribution >= 0.6 is 22.6 Å². The number of rotatable bonds is 4. The van der Waals surface area contributed by atoms with Gasteiger partial charge in [0, 0.05) is 39.5 Å². The maximum atomic E-state index is 13.6. The van der Waals surface area contributed by atoms with Crippen LogP contribution in [0.3, 0.4) is 0 Å². The molecule has 0 atom stereocenters.